The molecule has 10 heteroatoms. The molecule has 1 unspecified atom stereocenters. The van der Waals surface area contributed by atoms with Gasteiger partial charge in [-0.2, -0.15) is 9.40 Å². The second-order valence-corrected chi connectivity index (χ2v) is 10.5. The summed E-state index contributed by atoms with van der Waals surface area (Å²) in [6, 6.07) is 13.8. The first-order valence-electron chi connectivity index (χ1n) is 11.9. The minimum Gasteiger partial charge on any atom is -0.355 e. The van der Waals surface area contributed by atoms with Crippen molar-refractivity contribution in [2.75, 3.05) is 26.2 Å². The fourth-order valence-corrected chi connectivity index (χ4v) is 5.81. The molecule has 1 saturated heterocycles. The minimum atomic E-state index is -3.72. The minimum absolute atomic E-state index is 0.100. The van der Waals surface area contributed by atoms with E-state index in [0.717, 1.165) is 11.1 Å². The Hall–Kier alpha value is -3.08. The molecule has 3 aromatic rings. The predicted molar refractivity (Wildman–Crippen MR) is 133 cm³/mol. The van der Waals surface area contributed by atoms with Gasteiger partial charge in [-0.05, 0) is 36.6 Å². The van der Waals surface area contributed by atoms with E-state index in [1.54, 1.807) is 23.3 Å². The molecule has 0 aliphatic carbocycles. The van der Waals surface area contributed by atoms with Gasteiger partial charge in [0.2, 0.25) is 15.9 Å². The zero-order valence-electron chi connectivity index (χ0n) is 20.0. The average molecular weight is 497 g/mol. The molecule has 3 heterocycles. The number of pyridine rings is 1. The highest BCUT2D eigenvalue weighted by atomic mass is 32.2. The number of nitrogens with one attached hydrogen (secondary N) is 1. The first-order chi connectivity index (χ1) is 17.0. The van der Waals surface area contributed by atoms with Gasteiger partial charge in [0.15, 0.2) is 0 Å². The van der Waals surface area contributed by atoms with Gasteiger partial charge in [-0.1, -0.05) is 30.3 Å². The highest BCUT2D eigenvalue weighted by Crippen LogP contribution is 2.27. The Kier molecular flexibility index (Phi) is 8.27. The lowest BCUT2D eigenvalue weighted by Crippen LogP contribution is -2.39. The molecule has 1 fully saturated rings. The van der Waals surface area contributed by atoms with E-state index in [1.165, 1.54) is 10.5 Å². The van der Waals surface area contributed by atoms with Gasteiger partial charge >= 0.3 is 0 Å². The topological polar surface area (TPSA) is 100 Å². The summed E-state index contributed by atoms with van der Waals surface area (Å²) in [6.07, 6.45) is 7.39. The number of nitrogens with zero attached hydrogens (tertiary/aromatic N) is 5. The molecular formula is C25H32N6O3S. The molecule has 4 rings (SSSR count). The number of benzene rings is 1. The maximum Gasteiger partial charge on any atom is 0.246 e. The number of hydrogen-bond acceptors (Lipinski definition) is 6. The van der Waals surface area contributed by atoms with Crippen LogP contribution < -0.4 is 5.32 Å². The molecule has 2 aromatic heterocycles. The summed E-state index contributed by atoms with van der Waals surface area (Å²) in [5.41, 5.74) is 2.15. The monoisotopic (exact) mass is 496 g/mol. The van der Waals surface area contributed by atoms with Crippen molar-refractivity contribution in [1.29, 1.82) is 0 Å². The number of amides is 1. The van der Waals surface area contributed by atoms with Crippen LogP contribution in [0.4, 0.5) is 0 Å². The van der Waals surface area contributed by atoms with Crippen LogP contribution in [0.2, 0.25) is 0 Å². The van der Waals surface area contributed by atoms with Gasteiger partial charge in [-0.25, -0.2) is 8.42 Å². The fraction of sp³-hybridized carbons (Fsp3) is 0.400. The number of carbonyl (C=O) groups is 1. The lowest BCUT2D eigenvalue weighted by atomic mass is 10.0. The second kappa shape index (κ2) is 11.6. The number of aromatic nitrogens is 3. The fourth-order valence-electron chi connectivity index (χ4n) is 4.37. The van der Waals surface area contributed by atoms with E-state index in [-0.39, 0.29) is 29.9 Å². The molecule has 0 saturated carbocycles. The lowest BCUT2D eigenvalue weighted by Gasteiger charge is -2.32. The van der Waals surface area contributed by atoms with Gasteiger partial charge in [0.05, 0.1) is 6.20 Å². The Morgan fingerprint density at radius 1 is 1.06 bits per heavy atom. The van der Waals surface area contributed by atoms with Gasteiger partial charge in [0, 0.05) is 70.3 Å². The normalized spacial score (nSPS) is 19.1. The van der Waals surface area contributed by atoms with Crippen molar-refractivity contribution >= 4 is 15.9 Å². The highest BCUT2D eigenvalue weighted by Gasteiger charge is 2.29. The second-order valence-electron chi connectivity index (χ2n) is 8.60. The van der Waals surface area contributed by atoms with Crippen LogP contribution in [-0.4, -0.2) is 64.5 Å². The van der Waals surface area contributed by atoms with Crippen LogP contribution in [0.15, 0.2) is 72.1 Å². The van der Waals surface area contributed by atoms with E-state index >= 15 is 0 Å². The third-order valence-corrected chi connectivity index (χ3v) is 8.10. The molecule has 0 bridgehead atoms. The third-order valence-electron chi connectivity index (χ3n) is 6.25. The van der Waals surface area contributed by atoms with Crippen molar-refractivity contribution in [3.05, 3.63) is 78.4 Å². The first kappa shape index (κ1) is 25.0. The molecule has 1 atom stereocenters. The van der Waals surface area contributed by atoms with Gasteiger partial charge in [-0.3, -0.25) is 19.4 Å². The molecular weight excluding hydrogens is 464 g/mol. The van der Waals surface area contributed by atoms with Crippen LogP contribution >= 0.6 is 0 Å². The Balaban J connectivity index is 1.60. The van der Waals surface area contributed by atoms with Crippen LogP contribution in [0.1, 0.15) is 36.9 Å². The van der Waals surface area contributed by atoms with E-state index in [1.807, 2.05) is 49.4 Å². The van der Waals surface area contributed by atoms with Crippen LogP contribution in [-0.2, 0) is 27.9 Å². The van der Waals surface area contributed by atoms with E-state index in [4.69, 9.17) is 0 Å². The van der Waals surface area contributed by atoms with E-state index in [9.17, 15) is 13.2 Å². The van der Waals surface area contributed by atoms with Crippen LogP contribution in [0.3, 0.4) is 0 Å². The molecule has 9 nitrogen and oxygen atoms in total. The van der Waals surface area contributed by atoms with Crippen molar-refractivity contribution in [1.82, 2.24) is 29.3 Å². The molecule has 0 spiro atoms. The predicted octanol–water partition coefficient (Wildman–Crippen LogP) is 2.44. The van der Waals surface area contributed by atoms with Crippen molar-refractivity contribution in [3.8, 4) is 0 Å². The Morgan fingerprint density at radius 3 is 2.54 bits per heavy atom. The van der Waals surface area contributed by atoms with Crippen molar-refractivity contribution in [3.63, 3.8) is 0 Å². The average Bonchev–Trinajstić information content (AvgIpc) is 3.36. The van der Waals surface area contributed by atoms with Crippen molar-refractivity contribution in [2.45, 2.75) is 43.8 Å². The summed E-state index contributed by atoms with van der Waals surface area (Å²) in [6.45, 7) is 4.59. The SMILES string of the molecule is CCn1cc(S(=O)(=O)N2CCCN(Cc3ccncc3)C(c3ccccc3)CC(=O)NCC2)cn1. The summed E-state index contributed by atoms with van der Waals surface area (Å²) in [4.78, 5) is 19.5. The summed E-state index contributed by atoms with van der Waals surface area (Å²) in [5, 5.41) is 7.06. The molecule has 186 valence electrons. The molecule has 1 N–H and O–H groups in total. The number of hydrogen-bond donors (Lipinski definition) is 1. The summed E-state index contributed by atoms with van der Waals surface area (Å²) in [5.74, 6) is -0.100. The van der Waals surface area contributed by atoms with E-state index < -0.39 is 10.0 Å². The number of aryl methyl sites for hydroxylation is 1. The Bertz CT molecular complexity index is 1200. The summed E-state index contributed by atoms with van der Waals surface area (Å²) >= 11 is 0. The van der Waals surface area contributed by atoms with Crippen LogP contribution in [0.5, 0.6) is 0 Å². The summed E-state index contributed by atoms with van der Waals surface area (Å²) in [7, 11) is -3.72. The first-order valence-corrected chi connectivity index (χ1v) is 13.4. The van der Waals surface area contributed by atoms with E-state index in [0.29, 0.717) is 39.0 Å². The Labute approximate surface area is 206 Å². The van der Waals surface area contributed by atoms with Crippen molar-refractivity contribution in [2.24, 2.45) is 0 Å². The van der Waals surface area contributed by atoms with Gasteiger partial charge in [0.25, 0.3) is 0 Å². The van der Waals surface area contributed by atoms with Crippen molar-refractivity contribution < 1.29 is 13.2 Å². The molecule has 1 aliphatic rings. The number of rotatable bonds is 6. The lowest BCUT2D eigenvalue weighted by molar-refractivity contribution is -0.122. The highest BCUT2D eigenvalue weighted by molar-refractivity contribution is 7.89. The summed E-state index contributed by atoms with van der Waals surface area (Å²) < 4.78 is 29.7. The zero-order chi connectivity index (χ0) is 24.7. The molecule has 35 heavy (non-hydrogen) atoms. The molecule has 1 amide bonds. The number of sulfonamides is 1. The molecule has 1 aromatic carbocycles. The largest absolute Gasteiger partial charge is 0.355 e. The van der Waals surface area contributed by atoms with Crippen LogP contribution in [0.25, 0.3) is 0 Å². The van der Waals surface area contributed by atoms with Gasteiger partial charge < -0.3 is 5.32 Å². The quantitative estimate of drug-likeness (QED) is 0.563. The zero-order valence-corrected chi connectivity index (χ0v) is 20.8. The smallest absolute Gasteiger partial charge is 0.246 e. The molecule has 1 aliphatic heterocycles. The maximum atomic E-state index is 13.3. The Morgan fingerprint density at radius 2 is 1.83 bits per heavy atom. The third kappa shape index (κ3) is 6.33. The standard InChI is InChI=1S/C25H32N6O3S/c1-2-30-20-23(18-28-30)35(33,34)31-15-6-14-29(19-21-9-11-26-12-10-21)24(17-25(32)27-13-16-31)22-7-4-3-5-8-22/h3-5,7-12,18,20,24H,2,6,13-17,19H2,1H3,(H,27,32). The van der Waals surface area contributed by atoms with E-state index in [2.05, 4.69) is 20.3 Å². The van der Waals surface area contributed by atoms with Gasteiger partial charge in [-0.15, -0.1) is 0 Å². The maximum absolute atomic E-state index is 13.3. The van der Waals surface area contributed by atoms with Crippen LogP contribution in [0, 0.1) is 0 Å². The van der Waals surface area contributed by atoms with Gasteiger partial charge in [0.1, 0.15) is 4.90 Å². The number of carbonyl (C=O) groups excluding carboxylic acids is 1. The molecule has 0 radical (unpaired) electrons.